The van der Waals surface area contributed by atoms with Crippen LogP contribution in [-0.2, 0) is 21.5 Å². The smallest absolute Gasteiger partial charge is 0.324 e. The molecular formula is C19H19N3O3S2. The molecule has 1 spiro atoms. The Balaban J connectivity index is 1.51. The van der Waals surface area contributed by atoms with Gasteiger partial charge in [0.05, 0.1) is 0 Å². The topological polar surface area (TPSA) is 78.5 Å². The summed E-state index contributed by atoms with van der Waals surface area (Å²) in [7, 11) is 0. The zero-order valence-corrected chi connectivity index (χ0v) is 16.4. The van der Waals surface area contributed by atoms with Gasteiger partial charge in [0.1, 0.15) is 12.1 Å². The molecule has 1 aliphatic carbocycles. The predicted molar refractivity (Wildman–Crippen MR) is 106 cm³/mol. The highest BCUT2D eigenvalue weighted by Crippen LogP contribution is 2.42. The van der Waals surface area contributed by atoms with Gasteiger partial charge in [-0.15, -0.1) is 23.1 Å². The van der Waals surface area contributed by atoms with Crippen molar-refractivity contribution in [2.75, 3.05) is 18.1 Å². The largest absolute Gasteiger partial charge is 0.325 e. The highest BCUT2D eigenvalue weighted by molar-refractivity contribution is 7.98. The van der Waals surface area contributed by atoms with Crippen LogP contribution in [0.25, 0.3) is 0 Å². The standard InChI is InChI=1S/C19H19N3O3S2/c1-26-13-5-2-4-12(10-13)20-16(23)11-22-17(24)19(21-18(22)25)8-3-6-15-14(19)7-9-27-15/h2,4-5,7,9-10H,3,6,8,11H2,1H3,(H,20,23)(H,21,25)/t19-/m0/s1. The summed E-state index contributed by atoms with van der Waals surface area (Å²) in [5, 5.41) is 7.58. The number of imide groups is 1. The van der Waals surface area contributed by atoms with E-state index in [4.69, 9.17) is 0 Å². The van der Waals surface area contributed by atoms with Crippen LogP contribution >= 0.6 is 23.1 Å². The van der Waals surface area contributed by atoms with Gasteiger partial charge < -0.3 is 10.6 Å². The van der Waals surface area contributed by atoms with Crippen molar-refractivity contribution in [2.45, 2.75) is 29.7 Å². The lowest BCUT2D eigenvalue weighted by Gasteiger charge is -2.31. The number of thiophene rings is 1. The zero-order valence-electron chi connectivity index (χ0n) is 14.8. The van der Waals surface area contributed by atoms with Crippen molar-refractivity contribution in [1.82, 2.24) is 10.2 Å². The van der Waals surface area contributed by atoms with Gasteiger partial charge in [-0.2, -0.15) is 0 Å². The fourth-order valence-electron chi connectivity index (χ4n) is 3.73. The second kappa shape index (κ2) is 7.01. The number of carbonyl (C=O) groups is 3. The minimum atomic E-state index is -1.01. The van der Waals surface area contributed by atoms with Gasteiger partial charge in [-0.1, -0.05) is 6.07 Å². The zero-order chi connectivity index (χ0) is 19.0. The van der Waals surface area contributed by atoms with Gasteiger partial charge in [0.15, 0.2) is 0 Å². The van der Waals surface area contributed by atoms with Crippen LogP contribution in [0, 0.1) is 0 Å². The number of aryl methyl sites for hydroxylation is 1. The molecule has 2 heterocycles. The Hall–Kier alpha value is -2.32. The van der Waals surface area contributed by atoms with E-state index >= 15 is 0 Å². The molecule has 27 heavy (non-hydrogen) atoms. The molecule has 1 atom stereocenters. The second-order valence-electron chi connectivity index (χ2n) is 6.62. The molecule has 6 nitrogen and oxygen atoms in total. The van der Waals surface area contributed by atoms with E-state index in [-0.39, 0.29) is 12.5 Å². The van der Waals surface area contributed by atoms with E-state index in [0.29, 0.717) is 12.1 Å². The Morgan fingerprint density at radius 1 is 1.37 bits per heavy atom. The van der Waals surface area contributed by atoms with Gasteiger partial charge in [-0.25, -0.2) is 4.79 Å². The summed E-state index contributed by atoms with van der Waals surface area (Å²) in [4.78, 5) is 41.2. The Morgan fingerprint density at radius 3 is 3.04 bits per heavy atom. The summed E-state index contributed by atoms with van der Waals surface area (Å²) in [6.07, 6.45) is 4.27. The quantitative estimate of drug-likeness (QED) is 0.609. The van der Waals surface area contributed by atoms with Crippen molar-refractivity contribution in [3.05, 3.63) is 46.2 Å². The van der Waals surface area contributed by atoms with Crippen molar-refractivity contribution in [1.29, 1.82) is 0 Å². The molecule has 1 saturated heterocycles. The Morgan fingerprint density at radius 2 is 2.22 bits per heavy atom. The lowest BCUT2D eigenvalue weighted by molar-refractivity contribution is -0.134. The molecule has 0 unspecified atom stereocenters. The molecular weight excluding hydrogens is 382 g/mol. The summed E-state index contributed by atoms with van der Waals surface area (Å²) >= 11 is 3.18. The van der Waals surface area contributed by atoms with E-state index in [0.717, 1.165) is 33.1 Å². The maximum atomic E-state index is 13.1. The van der Waals surface area contributed by atoms with E-state index in [9.17, 15) is 14.4 Å². The molecule has 140 valence electrons. The number of thioether (sulfide) groups is 1. The number of nitrogens with zero attached hydrogens (tertiary/aromatic N) is 1. The van der Waals surface area contributed by atoms with Crippen molar-refractivity contribution < 1.29 is 14.4 Å². The average molecular weight is 402 g/mol. The molecule has 2 N–H and O–H groups in total. The number of amides is 4. The van der Waals surface area contributed by atoms with Gasteiger partial charge in [-0.05, 0) is 55.2 Å². The van der Waals surface area contributed by atoms with Gasteiger partial charge in [0.2, 0.25) is 5.91 Å². The summed E-state index contributed by atoms with van der Waals surface area (Å²) in [5.74, 6) is -0.727. The van der Waals surface area contributed by atoms with Crippen molar-refractivity contribution in [2.24, 2.45) is 0 Å². The van der Waals surface area contributed by atoms with Gasteiger partial charge in [0, 0.05) is 21.0 Å². The third-order valence-corrected chi connectivity index (χ3v) is 6.70. The summed E-state index contributed by atoms with van der Waals surface area (Å²) in [6, 6.07) is 8.84. The van der Waals surface area contributed by atoms with E-state index in [1.807, 2.05) is 35.9 Å². The number of carbonyl (C=O) groups excluding carboxylic acids is 3. The summed E-state index contributed by atoms with van der Waals surface area (Å²) < 4.78 is 0. The molecule has 1 aromatic carbocycles. The fourth-order valence-corrected chi connectivity index (χ4v) is 5.19. The minimum absolute atomic E-state index is 0.296. The Bertz CT molecular complexity index is 926. The number of nitrogens with one attached hydrogen (secondary N) is 2. The number of benzene rings is 1. The first kappa shape index (κ1) is 18.1. The van der Waals surface area contributed by atoms with Crippen LogP contribution in [0.4, 0.5) is 10.5 Å². The van der Waals surface area contributed by atoms with E-state index in [2.05, 4.69) is 10.6 Å². The van der Waals surface area contributed by atoms with Crippen molar-refractivity contribution >= 4 is 46.6 Å². The van der Waals surface area contributed by atoms with Crippen LogP contribution in [0.15, 0.2) is 40.6 Å². The molecule has 4 rings (SSSR count). The predicted octanol–water partition coefficient (Wildman–Crippen LogP) is 3.19. The van der Waals surface area contributed by atoms with Crippen LogP contribution in [0.1, 0.15) is 23.3 Å². The second-order valence-corrected chi connectivity index (χ2v) is 8.50. The molecule has 8 heteroatoms. The summed E-state index contributed by atoms with van der Waals surface area (Å²) in [6.45, 7) is -0.296. The fraction of sp³-hybridized carbons (Fsp3) is 0.316. The van der Waals surface area contributed by atoms with E-state index in [1.165, 1.54) is 0 Å². The average Bonchev–Trinajstić information content (AvgIpc) is 3.23. The summed E-state index contributed by atoms with van der Waals surface area (Å²) in [5.41, 5.74) is 0.517. The first-order chi connectivity index (χ1) is 13.0. The third-order valence-electron chi connectivity index (χ3n) is 4.99. The Kier molecular flexibility index (Phi) is 4.69. The van der Waals surface area contributed by atoms with E-state index in [1.54, 1.807) is 29.2 Å². The third kappa shape index (κ3) is 3.12. The van der Waals surface area contributed by atoms with Gasteiger partial charge in [-0.3, -0.25) is 14.5 Å². The maximum Gasteiger partial charge on any atom is 0.325 e. The molecule has 0 radical (unpaired) electrons. The highest BCUT2D eigenvalue weighted by Gasteiger charge is 2.54. The van der Waals surface area contributed by atoms with Crippen LogP contribution in [0.3, 0.4) is 0 Å². The molecule has 1 aromatic heterocycles. The molecule has 0 bridgehead atoms. The highest BCUT2D eigenvalue weighted by atomic mass is 32.2. The lowest BCUT2D eigenvalue weighted by atomic mass is 9.80. The first-order valence-electron chi connectivity index (χ1n) is 8.68. The molecule has 0 saturated carbocycles. The number of rotatable bonds is 4. The SMILES string of the molecule is CSc1cccc(NC(=O)CN2C(=O)N[C@]3(CCCc4sccc43)C2=O)c1. The molecule has 2 aliphatic rings. The minimum Gasteiger partial charge on any atom is -0.324 e. The van der Waals surface area contributed by atoms with Crippen molar-refractivity contribution in [3.63, 3.8) is 0 Å². The number of anilines is 1. The van der Waals surface area contributed by atoms with Crippen LogP contribution < -0.4 is 10.6 Å². The van der Waals surface area contributed by atoms with Crippen LogP contribution in [0.5, 0.6) is 0 Å². The Labute approximate surface area is 165 Å². The normalized spacial score (nSPS) is 21.3. The van der Waals surface area contributed by atoms with Gasteiger partial charge >= 0.3 is 6.03 Å². The first-order valence-corrected chi connectivity index (χ1v) is 10.8. The number of fused-ring (bicyclic) bond motifs is 2. The maximum absolute atomic E-state index is 13.1. The molecule has 1 aliphatic heterocycles. The number of hydrogen-bond acceptors (Lipinski definition) is 5. The molecule has 4 amide bonds. The van der Waals surface area contributed by atoms with E-state index < -0.39 is 17.5 Å². The number of urea groups is 1. The van der Waals surface area contributed by atoms with Crippen LogP contribution in [-0.4, -0.2) is 35.5 Å². The monoisotopic (exact) mass is 401 g/mol. The number of hydrogen-bond donors (Lipinski definition) is 2. The van der Waals surface area contributed by atoms with Gasteiger partial charge in [0.25, 0.3) is 5.91 Å². The molecule has 1 fully saturated rings. The lowest BCUT2D eigenvalue weighted by Crippen LogP contribution is -2.46. The van der Waals surface area contributed by atoms with Crippen LogP contribution in [0.2, 0.25) is 0 Å². The van der Waals surface area contributed by atoms with Crippen molar-refractivity contribution in [3.8, 4) is 0 Å². The molecule has 2 aromatic rings.